The first kappa shape index (κ1) is 11.5. The quantitative estimate of drug-likeness (QED) is 0.706. The van der Waals surface area contributed by atoms with Crippen molar-refractivity contribution in [2.24, 2.45) is 46.8 Å². The van der Waals surface area contributed by atoms with Gasteiger partial charge in [-0.05, 0) is 106 Å². The lowest BCUT2D eigenvalue weighted by atomic mass is 9.31. The lowest BCUT2D eigenvalue weighted by molar-refractivity contribution is -0.308. The maximum atomic E-state index is 11.8. The summed E-state index contributed by atoms with van der Waals surface area (Å²) in [4.78, 5) is 0. The van der Waals surface area contributed by atoms with E-state index in [2.05, 4.69) is 0 Å². The summed E-state index contributed by atoms with van der Waals surface area (Å²) >= 11 is 0. The molecule has 0 aromatic rings. The SMILES string of the molecule is OC12C[C@@H]3CC(C[C@@H](C3)C1)C21C2CC3CC(C2)CC1C3. The predicted molar refractivity (Wildman–Crippen MR) is 78.0 cm³/mol. The maximum Gasteiger partial charge on any atom is 0.0717 e. The van der Waals surface area contributed by atoms with Crippen molar-refractivity contribution < 1.29 is 5.11 Å². The van der Waals surface area contributed by atoms with Crippen LogP contribution in [0.15, 0.2) is 0 Å². The minimum absolute atomic E-state index is 0.232. The molecule has 1 nitrogen and oxygen atoms in total. The van der Waals surface area contributed by atoms with E-state index in [1.807, 2.05) is 0 Å². The summed E-state index contributed by atoms with van der Waals surface area (Å²) in [7, 11) is 0. The zero-order chi connectivity index (χ0) is 13.1. The minimum Gasteiger partial charge on any atom is -0.389 e. The molecule has 1 heteroatoms. The molecule has 0 amide bonds. The van der Waals surface area contributed by atoms with Crippen LogP contribution in [0.2, 0.25) is 0 Å². The van der Waals surface area contributed by atoms with Gasteiger partial charge in [-0.2, -0.15) is 0 Å². The Labute approximate surface area is 122 Å². The Hall–Kier alpha value is -0.0400. The van der Waals surface area contributed by atoms with E-state index in [0.29, 0.717) is 5.41 Å². The first-order chi connectivity index (χ1) is 9.67. The summed E-state index contributed by atoms with van der Waals surface area (Å²) in [5, 5.41) is 11.8. The average molecular weight is 272 g/mol. The van der Waals surface area contributed by atoms with Gasteiger partial charge in [0.2, 0.25) is 0 Å². The van der Waals surface area contributed by atoms with Crippen LogP contribution in [-0.2, 0) is 0 Å². The van der Waals surface area contributed by atoms with Crippen molar-refractivity contribution in [2.75, 3.05) is 0 Å². The van der Waals surface area contributed by atoms with Gasteiger partial charge >= 0.3 is 0 Å². The van der Waals surface area contributed by atoms with E-state index in [1.54, 1.807) is 0 Å². The van der Waals surface area contributed by atoms with E-state index in [-0.39, 0.29) is 5.60 Å². The molecule has 0 heterocycles. The van der Waals surface area contributed by atoms with Crippen molar-refractivity contribution in [2.45, 2.75) is 69.8 Å². The fourth-order valence-corrected chi connectivity index (χ4v) is 9.45. The number of hydrogen-bond donors (Lipinski definition) is 1. The molecule has 0 aliphatic heterocycles. The standard InChI is InChI=1S/C19H28O/c20-18-9-13-2-14(10-18)8-17(7-13)19(18)15-3-11-1-12(5-15)6-16(19)4-11/h11-17,20H,1-10H2/t11?,12?,13-,14+,15?,16?,17?,18?,19?. The van der Waals surface area contributed by atoms with E-state index in [1.165, 1.54) is 64.2 Å². The second-order valence-corrected chi connectivity index (χ2v) is 9.81. The Morgan fingerprint density at radius 2 is 0.950 bits per heavy atom. The Bertz CT molecular complexity index is 411. The molecular formula is C19H28O. The Balaban J connectivity index is 1.52. The summed E-state index contributed by atoms with van der Waals surface area (Å²) in [6, 6.07) is 0. The maximum absolute atomic E-state index is 11.8. The zero-order valence-corrected chi connectivity index (χ0v) is 12.6. The Morgan fingerprint density at radius 3 is 1.45 bits per heavy atom. The topological polar surface area (TPSA) is 20.2 Å². The molecule has 8 aliphatic rings. The first-order valence-corrected chi connectivity index (χ1v) is 9.40. The monoisotopic (exact) mass is 272 g/mol. The summed E-state index contributed by atoms with van der Waals surface area (Å²) in [5.74, 6) is 6.60. The van der Waals surface area contributed by atoms with Gasteiger partial charge in [0.05, 0.1) is 5.60 Å². The van der Waals surface area contributed by atoms with Gasteiger partial charge in [0, 0.05) is 5.41 Å². The lowest BCUT2D eigenvalue weighted by Crippen LogP contribution is -2.73. The average Bonchev–Trinajstić information content (AvgIpc) is 2.34. The van der Waals surface area contributed by atoms with Gasteiger partial charge in [-0.1, -0.05) is 0 Å². The third-order valence-corrected chi connectivity index (χ3v) is 9.13. The molecule has 8 rings (SSSR count). The van der Waals surface area contributed by atoms with Crippen LogP contribution >= 0.6 is 0 Å². The molecule has 0 saturated heterocycles. The molecule has 0 aromatic carbocycles. The predicted octanol–water partition coefficient (Wildman–Crippen LogP) is 4.00. The Kier molecular flexibility index (Phi) is 1.91. The first-order valence-electron chi connectivity index (χ1n) is 9.40. The normalized spacial score (nSPS) is 69.2. The van der Waals surface area contributed by atoms with Gasteiger partial charge in [0.15, 0.2) is 0 Å². The largest absolute Gasteiger partial charge is 0.389 e. The molecule has 1 spiro atoms. The molecule has 2 unspecified atom stereocenters. The van der Waals surface area contributed by atoms with Crippen LogP contribution in [0.3, 0.4) is 0 Å². The molecule has 1 N–H and O–H groups in total. The van der Waals surface area contributed by atoms with Crippen molar-refractivity contribution in [1.29, 1.82) is 0 Å². The van der Waals surface area contributed by atoms with E-state index in [9.17, 15) is 5.11 Å². The van der Waals surface area contributed by atoms with Crippen LogP contribution in [0.1, 0.15) is 64.2 Å². The van der Waals surface area contributed by atoms with Gasteiger partial charge in [-0.15, -0.1) is 0 Å². The van der Waals surface area contributed by atoms with Crippen LogP contribution in [0.25, 0.3) is 0 Å². The van der Waals surface area contributed by atoms with Crippen LogP contribution < -0.4 is 0 Å². The smallest absolute Gasteiger partial charge is 0.0717 e. The molecule has 0 aromatic heterocycles. The highest BCUT2D eigenvalue weighted by atomic mass is 16.3. The summed E-state index contributed by atoms with van der Waals surface area (Å²) in [6.07, 6.45) is 14.3. The molecule has 110 valence electrons. The molecule has 8 bridgehead atoms. The highest BCUT2D eigenvalue weighted by Crippen LogP contribution is 2.76. The van der Waals surface area contributed by atoms with Crippen molar-refractivity contribution in [3.63, 3.8) is 0 Å². The summed E-state index contributed by atoms with van der Waals surface area (Å²) in [6.45, 7) is 0. The van der Waals surface area contributed by atoms with Crippen molar-refractivity contribution >= 4 is 0 Å². The number of hydrogen-bond acceptors (Lipinski definition) is 1. The second-order valence-electron chi connectivity index (χ2n) is 9.81. The van der Waals surface area contributed by atoms with Crippen molar-refractivity contribution in [1.82, 2.24) is 0 Å². The van der Waals surface area contributed by atoms with Crippen LogP contribution in [0, 0.1) is 46.8 Å². The van der Waals surface area contributed by atoms with Gasteiger partial charge < -0.3 is 5.11 Å². The van der Waals surface area contributed by atoms with E-state index in [4.69, 9.17) is 0 Å². The van der Waals surface area contributed by atoms with Gasteiger partial charge in [0.1, 0.15) is 0 Å². The fourth-order valence-electron chi connectivity index (χ4n) is 9.45. The molecule has 8 aliphatic carbocycles. The molecular weight excluding hydrogens is 244 g/mol. The van der Waals surface area contributed by atoms with E-state index < -0.39 is 0 Å². The highest BCUT2D eigenvalue weighted by molar-refractivity contribution is 5.22. The van der Waals surface area contributed by atoms with Crippen LogP contribution in [0.4, 0.5) is 0 Å². The zero-order valence-electron chi connectivity index (χ0n) is 12.6. The fraction of sp³-hybridized carbons (Fsp3) is 1.00. The number of aliphatic hydroxyl groups is 1. The molecule has 8 fully saturated rings. The summed E-state index contributed by atoms with van der Waals surface area (Å²) < 4.78 is 0. The third-order valence-electron chi connectivity index (χ3n) is 9.13. The van der Waals surface area contributed by atoms with Crippen LogP contribution in [0.5, 0.6) is 0 Å². The Morgan fingerprint density at radius 1 is 0.550 bits per heavy atom. The highest BCUT2D eigenvalue weighted by Gasteiger charge is 2.72. The van der Waals surface area contributed by atoms with Gasteiger partial charge in [0.25, 0.3) is 0 Å². The van der Waals surface area contributed by atoms with Crippen molar-refractivity contribution in [3.8, 4) is 0 Å². The third kappa shape index (κ3) is 1.09. The molecule has 4 atom stereocenters. The number of rotatable bonds is 0. The lowest BCUT2D eigenvalue weighted by Gasteiger charge is -2.75. The van der Waals surface area contributed by atoms with Crippen LogP contribution in [-0.4, -0.2) is 10.7 Å². The minimum atomic E-state index is -0.232. The van der Waals surface area contributed by atoms with Gasteiger partial charge in [-0.3, -0.25) is 0 Å². The van der Waals surface area contributed by atoms with Gasteiger partial charge in [-0.25, -0.2) is 0 Å². The second kappa shape index (κ2) is 3.31. The molecule has 0 radical (unpaired) electrons. The molecule has 8 saturated carbocycles. The van der Waals surface area contributed by atoms with Crippen molar-refractivity contribution in [3.05, 3.63) is 0 Å². The molecule has 20 heavy (non-hydrogen) atoms. The van der Waals surface area contributed by atoms with E-state index in [0.717, 1.165) is 41.4 Å². The summed E-state index contributed by atoms with van der Waals surface area (Å²) in [5.41, 5.74) is 0.165. The van der Waals surface area contributed by atoms with E-state index >= 15 is 0 Å².